The third kappa shape index (κ3) is 8.95. The van der Waals surface area contributed by atoms with Crippen LogP contribution in [0, 0.1) is 0 Å². The van der Waals surface area contributed by atoms with Crippen LogP contribution < -0.4 is 0 Å². The van der Waals surface area contributed by atoms with Crippen molar-refractivity contribution in [3.05, 3.63) is 35.4 Å². The second-order valence-electron chi connectivity index (χ2n) is 9.20. The molecule has 0 radical (unpaired) electrons. The Morgan fingerprint density at radius 3 is 1.56 bits per heavy atom. The molecule has 0 spiro atoms. The van der Waals surface area contributed by atoms with E-state index in [2.05, 4.69) is 66.2 Å². The Labute approximate surface area is 162 Å². The summed E-state index contributed by atoms with van der Waals surface area (Å²) in [6.07, 6.45) is 8.54. The van der Waals surface area contributed by atoms with Gasteiger partial charge in [0.25, 0.3) is 0 Å². The first-order valence-corrected chi connectivity index (χ1v) is 18.8. The van der Waals surface area contributed by atoms with Crippen molar-refractivity contribution in [3.63, 3.8) is 0 Å². The number of hydrogen-bond donors (Lipinski definition) is 0. The summed E-state index contributed by atoms with van der Waals surface area (Å²) in [4.78, 5) is 0. The molecule has 144 valence electrons. The fourth-order valence-electron chi connectivity index (χ4n) is 4.09. The monoisotopic (exact) mass is 454 g/mol. The van der Waals surface area contributed by atoms with E-state index in [9.17, 15) is 0 Å². The second kappa shape index (κ2) is 11.6. The third-order valence-corrected chi connectivity index (χ3v) is 20.8. The van der Waals surface area contributed by atoms with Gasteiger partial charge in [0.1, 0.15) is 0 Å². The molecule has 0 aliphatic heterocycles. The molecule has 1 aromatic rings. The maximum absolute atomic E-state index is 2.46. The molecule has 0 N–H and O–H groups in total. The topological polar surface area (TPSA) is 0 Å². The molecule has 25 heavy (non-hydrogen) atoms. The number of hydrogen-bond acceptors (Lipinski definition) is 0. The number of benzene rings is 1. The van der Waals surface area contributed by atoms with Gasteiger partial charge in [-0.1, -0.05) is 0 Å². The molecule has 0 fully saturated rings. The molecule has 0 heterocycles. The van der Waals surface area contributed by atoms with E-state index in [1.165, 1.54) is 43.0 Å². The molecule has 0 unspecified atom stereocenters. The van der Waals surface area contributed by atoms with Gasteiger partial charge in [-0.05, 0) is 0 Å². The van der Waals surface area contributed by atoms with Crippen molar-refractivity contribution in [3.8, 4) is 0 Å². The molecule has 1 rings (SSSR count). The summed E-state index contributed by atoms with van der Waals surface area (Å²) in [7, 11) is 6.95. The minimum absolute atomic E-state index is 1.03. The zero-order valence-corrected chi connectivity index (χ0v) is 20.9. The van der Waals surface area contributed by atoms with E-state index in [4.69, 9.17) is 0 Å². The summed E-state index contributed by atoms with van der Waals surface area (Å²) in [5, 5.41) is 0. The fraction of sp³-hybridized carbons (Fsp3) is 0.739. The Bertz CT molecular complexity index is 453. The van der Waals surface area contributed by atoms with Crippen LogP contribution in [-0.2, 0) is 11.0 Å². The van der Waals surface area contributed by atoms with Gasteiger partial charge in [0.15, 0.2) is 0 Å². The quantitative estimate of drug-likeness (QED) is 0.227. The Hall–Kier alpha value is -0.0213. The first kappa shape index (κ1) is 23.0. The van der Waals surface area contributed by atoms with Gasteiger partial charge < -0.3 is 0 Å². The molecule has 0 saturated heterocycles. The van der Waals surface area contributed by atoms with E-state index in [0.29, 0.717) is 0 Å². The maximum atomic E-state index is 2.46. The Balaban J connectivity index is 3.09. The van der Waals surface area contributed by atoms with Crippen molar-refractivity contribution in [1.82, 2.24) is 0 Å². The van der Waals surface area contributed by atoms with E-state index in [1.807, 2.05) is 0 Å². The van der Waals surface area contributed by atoms with Crippen LogP contribution in [0.25, 0.3) is 0 Å². The van der Waals surface area contributed by atoms with Gasteiger partial charge in [0.2, 0.25) is 0 Å². The average Bonchev–Trinajstić information content (AvgIpc) is 2.56. The van der Waals surface area contributed by atoms with E-state index in [1.54, 1.807) is 24.4 Å². The predicted molar refractivity (Wildman–Crippen MR) is 117 cm³/mol. The van der Waals surface area contributed by atoms with Gasteiger partial charge in [-0.2, -0.15) is 0 Å². The molecular weight excluding hydrogens is 409 g/mol. The molecule has 0 atom stereocenters. The van der Waals surface area contributed by atoms with Crippen molar-refractivity contribution >= 4 is 18.4 Å². The van der Waals surface area contributed by atoms with Crippen molar-refractivity contribution in [2.45, 2.75) is 83.6 Å². The van der Waals surface area contributed by atoms with Crippen molar-refractivity contribution < 1.29 is 4.48 Å². The van der Waals surface area contributed by atoms with Crippen LogP contribution in [0.5, 0.6) is 0 Å². The third-order valence-electron chi connectivity index (χ3n) is 5.51. The normalized spacial score (nSPS) is 12.6. The Kier molecular flexibility index (Phi) is 10.7. The van der Waals surface area contributed by atoms with Crippen LogP contribution in [-0.4, -0.2) is 44.0 Å². The van der Waals surface area contributed by atoms with Gasteiger partial charge >= 0.3 is 163 Å². The molecule has 0 bridgehead atoms. The van der Waals surface area contributed by atoms with Gasteiger partial charge in [0, 0.05) is 0 Å². The van der Waals surface area contributed by atoms with Crippen LogP contribution in [0.15, 0.2) is 24.3 Å². The molecule has 0 amide bonds. The Morgan fingerprint density at radius 2 is 1.16 bits per heavy atom. The molecule has 1 aromatic carbocycles. The molecule has 0 aromatic heterocycles. The van der Waals surface area contributed by atoms with Crippen LogP contribution in [0.4, 0.5) is 0 Å². The number of unbranched alkanes of at least 4 members (excludes halogenated alkanes) is 3. The fourth-order valence-corrected chi connectivity index (χ4v) is 20.5. The van der Waals surface area contributed by atoms with Gasteiger partial charge in [-0.25, -0.2) is 0 Å². The number of nitrogens with zero attached hydrogens (tertiary/aromatic N) is 1. The van der Waals surface area contributed by atoms with Crippen LogP contribution in [0.1, 0.15) is 70.4 Å². The zero-order valence-electron chi connectivity index (χ0n) is 18.0. The summed E-state index contributed by atoms with van der Waals surface area (Å²) in [5.74, 6) is 0. The first-order valence-electron chi connectivity index (χ1n) is 10.7. The van der Waals surface area contributed by atoms with Crippen LogP contribution in [0.3, 0.4) is 0 Å². The number of rotatable bonds is 13. The summed E-state index contributed by atoms with van der Waals surface area (Å²) in [6.45, 7) is 8.29. The van der Waals surface area contributed by atoms with E-state index < -0.39 is 18.4 Å². The minimum atomic E-state index is -2.10. The van der Waals surface area contributed by atoms with E-state index >= 15 is 0 Å². The summed E-state index contributed by atoms with van der Waals surface area (Å²) >= 11 is -2.10. The SMILES string of the molecule is CCC[CH2][Sn]([CH2]CCC)([CH2]CCC)[CH2]c1ccccc1C[N+](C)(C)C. The standard InChI is InChI=1S/C11H17N.3C4H9.Sn/c1-10-7-5-6-8-11(10)9-12(2,3)4;3*1-3-4-2;/h5-8H,1,9H2,2-4H3;3*1,3-4H2,2H3;/q+1;;;;. The van der Waals surface area contributed by atoms with Gasteiger partial charge in [-0.3, -0.25) is 0 Å². The summed E-state index contributed by atoms with van der Waals surface area (Å²) < 4.78 is 7.36. The molecule has 0 aliphatic rings. The first-order chi connectivity index (χ1) is 11.9. The molecular formula is C23H44NSn+. The number of quaternary nitrogens is 1. The second-order valence-corrected chi connectivity index (χ2v) is 23.1. The van der Waals surface area contributed by atoms with Crippen LogP contribution >= 0.6 is 0 Å². The van der Waals surface area contributed by atoms with Gasteiger partial charge in [0.05, 0.1) is 0 Å². The Morgan fingerprint density at radius 1 is 0.720 bits per heavy atom. The van der Waals surface area contributed by atoms with Crippen LogP contribution in [0.2, 0.25) is 13.3 Å². The summed E-state index contributed by atoms with van der Waals surface area (Å²) in [5.41, 5.74) is 3.32. The van der Waals surface area contributed by atoms with Gasteiger partial charge in [-0.15, -0.1) is 0 Å². The predicted octanol–water partition coefficient (Wildman–Crippen LogP) is 6.82. The van der Waals surface area contributed by atoms with E-state index in [0.717, 1.165) is 11.0 Å². The average molecular weight is 453 g/mol. The van der Waals surface area contributed by atoms with E-state index in [-0.39, 0.29) is 0 Å². The molecule has 0 aliphatic carbocycles. The molecule has 1 nitrogen and oxygen atoms in total. The van der Waals surface area contributed by atoms with Crippen molar-refractivity contribution in [1.29, 1.82) is 0 Å². The van der Waals surface area contributed by atoms with Crippen molar-refractivity contribution in [2.24, 2.45) is 0 Å². The zero-order chi connectivity index (χ0) is 18.8. The van der Waals surface area contributed by atoms with Crippen molar-refractivity contribution in [2.75, 3.05) is 21.1 Å². The molecule has 0 saturated carbocycles. The molecule has 2 heteroatoms. The summed E-state index contributed by atoms with van der Waals surface area (Å²) in [6, 6.07) is 9.38.